The lowest BCUT2D eigenvalue weighted by Crippen LogP contribution is -2.63. The standard InChI is InChI=1S/C40H67N4O16P/c1-23(4-9-33(48)49)26-5-6-27-38-28(18-30(46)40(26,27)3)39(2)11-10-25(16-24(39)17-29(38)45)41-31(47)7-8-32(61(58,59)60)44(14-12-42(19-34(50)51)20-35(52)53)15-13-43(21-36(54)55)22-37(56)57/h23-30,32,38,45-46H,4-22H2,1-3H3,(H,41,47)(H,48,49)(H,50,51)(H,52,53)(H,54,55)(H,56,57)(H2,58,59,60)/t23-,24+,25-,26-,27+,28+,29-,30+,32?,38+,39+,40-/m1/s1. The van der Waals surface area contributed by atoms with Gasteiger partial charge >= 0.3 is 37.4 Å². The first kappa shape index (κ1) is 50.4. The Morgan fingerprint density at radius 2 is 1.25 bits per heavy atom. The zero-order valence-corrected chi connectivity index (χ0v) is 36.3. The predicted molar refractivity (Wildman–Crippen MR) is 216 cm³/mol. The van der Waals surface area contributed by atoms with Gasteiger partial charge in [0.15, 0.2) is 0 Å². The van der Waals surface area contributed by atoms with E-state index in [9.17, 15) is 78.9 Å². The van der Waals surface area contributed by atoms with Crippen LogP contribution in [0.3, 0.4) is 0 Å². The third-order valence-electron chi connectivity index (χ3n) is 15.0. The molecule has 4 saturated carbocycles. The van der Waals surface area contributed by atoms with Crippen molar-refractivity contribution in [1.29, 1.82) is 0 Å². The zero-order valence-electron chi connectivity index (χ0n) is 35.4. The van der Waals surface area contributed by atoms with Crippen LogP contribution in [0.25, 0.3) is 0 Å². The lowest BCUT2D eigenvalue weighted by Gasteiger charge is -2.63. The van der Waals surface area contributed by atoms with Crippen molar-refractivity contribution in [3.8, 4) is 0 Å². The molecule has 4 fully saturated rings. The summed E-state index contributed by atoms with van der Waals surface area (Å²) in [5, 5.41) is 73.2. The zero-order chi connectivity index (χ0) is 45.6. The molecule has 0 aromatic rings. The molecule has 20 nitrogen and oxygen atoms in total. The number of rotatable bonds is 24. The second-order valence-electron chi connectivity index (χ2n) is 18.7. The minimum Gasteiger partial charge on any atom is -0.481 e. The average molecular weight is 891 g/mol. The van der Waals surface area contributed by atoms with Gasteiger partial charge in [0.2, 0.25) is 5.91 Å². The Hall–Kier alpha value is -3.23. The molecule has 348 valence electrons. The Labute approximate surface area is 355 Å². The number of carboxylic acids is 5. The number of fused-ring (bicyclic) bond motifs is 5. The first-order chi connectivity index (χ1) is 28.4. The van der Waals surface area contributed by atoms with E-state index in [-0.39, 0.29) is 86.0 Å². The highest BCUT2D eigenvalue weighted by Gasteiger charge is 2.65. The van der Waals surface area contributed by atoms with Crippen molar-refractivity contribution in [3.05, 3.63) is 0 Å². The Balaban J connectivity index is 1.44. The summed E-state index contributed by atoms with van der Waals surface area (Å²) in [4.78, 5) is 94.8. The smallest absolute Gasteiger partial charge is 0.342 e. The Morgan fingerprint density at radius 1 is 0.705 bits per heavy atom. The first-order valence-corrected chi connectivity index (χ1v) is 23.0. The summed E-state index contributed by atoms with van der Waals surface area (Å²) >= 11 is 0. The average Bonchev–Trinajstić information content (AvgIpc) is 3.49. The summed E-state index contributed by atoms with van der Waals surface area (Å²) < 4.78 is 13.0. The molecule has 0 heterocycles. The number of hydrogen-bond donors (Lipinski definition) is 10. The second-order valence-corrected chi connectivity index (χ2v) is 20.5. The van der Waals surface area contributed by atoms with E-state index in [4.69, 9.17) is 0 Å². The van der Waals surface area contributed by atoms with Crippen LogP contribution in [0.2, 0.25) is 0 Å². The molecule has 0 aromatic heterocycles. The quantitative estimate of drug-likeness (QED) is 0.0607. The summed E-state index contributed by atoms with van der Waals surface area (Å²) in [5.74, 6) is -8.01. The molecule has 12 atom stereocenters. The number of nitrogens with zero attached hydrogens (tertiary/aromatic N) is 3. The summed E-state index contributed by atoms with van der Waals surface area (Å²) in [7, 11) is -5.07. The molecule has 61 heavy (non-hydrogen) atoms. The van der Waals surface area contributed by atoms with Crippen molar-refractivity contribution >= 4 is 43.3 Å². The van der Waals surface area contributed by atoms with Gasteiger partial charge in [0.1, 0.15) is 5.78 Å². The van der Waals surface area contributed by atoms with Crippen LogP contribution in [0.1, 0.15) is 91.4 Å². The number of amides is 1. The number of aliphatic carboxylic acids is 5. The van der Waals surface area contributed by atoms with Crippen molar-refractivity contribution in [2.24, 2.45) is 46.3 Å². The van der Waals surface area contributed by atoms with Crippen LogP contribution in [-0.2, 0) is 33.3 Å². The molecular weight excluding hydrogens is 823 g/mol. The van der Waals surface area contributed by atoms with Gasteiger partial charge in [-0.15, -0.1) is 0 Å². The molecule has 0 bridgehead atoms. The fourth-order valence-electron chi connectivity index (χ4n) is 12.1. The summed E-state index contributed by atoms with van der Waals surface area (Å²) in [5.41, 5.74) is -0.668. The number of carboxylic acid groups (broad SMARTS) is 5. The lowest BCUT2D eigenvalue weighted by molar-refractivity contribution is -0.202. The number of hydrogen-bond acceptors (Lipinski definition) is 12. The molecule has 4 aliphatic carbocycles. The monoisotopic (exact) mass is 890 g/mol. The molecule has 0 aliphatic heterocycles. The molecule has 4 aliphatic rings. The number of aliphatic hydroxyl groups is 2. The fraction of sp³-hybridized carbons (Fsp3) is 0.850. The molecule has 1 unspecified atom stereocenters. The molecule has 21 heteroatoms. The van der Waals surface area contributed by atoms with E-state index >= 15 is 0 Å². The van der Waals surface area contributed by atoms with Gasteiger partial charge < -0.3 is 50.8 Å². The number of aliphatic hydroxyl groups excluding tert-OH is 2. The molecule has 4 rings (SSSR count). The minimum atomic E-state index is -5.07. The van der Waals surface area contributed by atoms with Crippen molar-refractivity contribution in [2.75, 3.05) is 52.4 Å². The molecule has 10 N–H and O–H groups in total. The van der Waals surface area contributed by atoms with E-state index in [1.165, 1.54) is 4.90 Å². The number of carbonyl (C=O) groups is 6. The van der Waals surface area contributed by atoms with Crippen LogP contribution in [0.4, 0.5) is 0 Å². The van der Waals surface area contributed by atoms with Gasteiger partial charge in [0.05, 0.1) is 38.4 Å². The highest BCUT2D eigenvalue weighted by molar-refractivity contribution is 7.52. The first-order valence-electron chi connectivity index (χ1n) is 21.3. The highest BCUT2D eigenvalue weighted by Crippen LogP contribution is 2.68. The van der Waals surface area contributed by atoms with Crippen molar-refractivity contribution in [3.63, 3.8) is 0 Å². The van der Waals surface area contributed by atoms with E-state index < -0.39 is 99.4 Å². The van der Waals surface area contributed by atoms with E-state index in [1.807, 2.05) is 0 Å². The van der Waals surface area contributed by atoms with Crippen LogP contribution in [-0.4, -0.2) is 172 Å². The van der Waals surface area contributed by atoms with Gasteiger partial charge in [-0.25, -0.2) is 0 Å². The van der Waals surface area contributed by atoms with E-state index in [0.29, 0.717) is 32.1 Å². The predicted octanol–water partition coefficient (Wildman–Crippen LogP) is 1.10. The fourth-order valence-corrected chi connectivity index (χ4v) is 13.2. The summed E-state index contributed by atoms with van der Waals surface area (Å²) in [6, 6.07) is -0.301. The Bertz CT molecular complexity index is 1580. The van der Waals surface area contributed by atoms with Crippen LogP contribution < -0.4 is 5.32 Å². The highest BCUT2D eigenvalue weighted by atomic mass is 31.2. The van der Waals surface area contributed by atoms with Gasteiger partial charge in [0, 0.05) is 45.1 Å². The van der Waals surface area contributed by atoms with Gasteiger partial charge in [0.25, 0.3) is 0 Å². The minimum absolute atomic E-state index is 0.0171. The van der Waals surface area contributed by atoms with Crippen molar-refractivity contribution in [2.45, 2.75) is 115 Å². The van der Waals surface area contributed by atoms with E-state index in [0.717, 1.165) is 29.1 Å². The largest absolute Gasteiger partial charge is 0.481 e. The lowest BCUT2D eigenvalue weighted by atomic mass is 9.43. The van der Waals surface area contributed by atoms with Crippen LogP contribution in [0.5, 0.6) is 0 Å². The maximum absolute atomic E-state index is 13.5. The normalized spacial score (nSPS) is 32.1. The molecule has 0 aromatic carbocycles. The van der Waals surface area contributed by atoms with Gasteiger partial charge in [-0.1, -0.05) is 20.8 Å². The van der Waals surface area contributed by atoms with Gasteiger partial charge in [-0.2, -0.15) is 0 Å². The molecular formula is C40H67N4O16P. The van der Waals surface area contributed by atoms with Crippen LogP contribution >= 0.6 is 7.60 Å². The maximum Gasteiger partial charge on any atom is 0.342 e. The van der Waals surface area contributed by atoms with E-state index in [2.05, 4.69) is 26.1 Å². The topological polar surface area (TPSA) is 323 Å². The Kier molecular flexibility index (Phi) is 17.3. The third kappa shape index (κ3) is 12.7. The Morgan fingerprint density at radius 3 is 1.74 bits per heavy atom. The molecule has 0 saturated heterocycles. The van der Waals surface area contributed by atoms with Crippen molar-refractivity contribution in [1.82, 2.24) is 20.0 Å². The maximum atomic E-state index is 13.5. The SMILES string of the molecule is C[C@H](CCC(=O)O)[C@H]1CC[C@H]2[C@@H]3[C@H](O)C[C@@H]4C[C@H](NC(=O)CCC(N(CCN(CC(=O)O)CC(=O)O)CCN(CC(=O)O)CC(=O)O)P(=O)(O)O)CC[C@]4(C)[C@H]3C[C@H](O)[C@]12C. The van der Waals surface area contributed by atoms with Crippen LogP contribution in [0, 0.1) is 46.3 Å². The number of nitrogens with one attached hydrogen (secondary N) is 1. The molecule has 0 spiro atoms. The van der Waals surface area contributed by atoms with E-state index in [1.54, 1.807) is 0 Å². The molecule has 1 amide bonds. The summed E-state index contributed by atoms with van der Waals surface area (Å²) in [6.07, 6.45) is 3.25. The second kappa shape index (κ2) is 21.0. The van der Waals surface area contributed by atoms with Crippen LogP contribution in [0.15, 0.2) is 0 Å². The molecule has 0 radical (unpaired) electrons. The number of carbonyl (C=O) groups excluding carboxylic acids is 1. The summed E-state index contributed by atoms with van der Waals surface area (Å²) in [6.45, 7) is 2.39. The van der Waals surface area contributed by atoms with Gasteiger partial charge in [-0.05, 0) is 104 Å². The van der Waals surface area contributed by atoms with Gasteiger partial charge in [-0.3, -0.25) is 48.0 Å². The van der Waals surface area contributed by atoms with Crippen molar-refractivity contribution < 1.29 is 78.9 Å². The third-order valence-corrected chi connectivity index (χ3v) is 16.4.